The minimum atomic E-state index is -0.346. The Labute approximate surface area is 125 Å². The van der Waals surface area contributed by atoms with Crippen molar-refractivity contribution in [1.29, 1.82) is 0 Å². The zero-order valence-corrected chi connectivity index (χ0v) is 16.0. The number of rotatable bonds is 14. The molecule has 0 radical (unpaired) electrons. The van der Waals surface area contributed by atoms with Gasteiger partial charge >= 0.3 is 0 Å². The first-order valence-corrected chi connectivity index (χ1v) is 11.1. The van der Waals surface area contributed by atoms with Gasteiger partial charge in [-0.15, -0.1) is 0 Å². The molecule has 0 fully saturated rings. The van der Waals surface area contributed by atoms with Crippen molar-refractivity contribution in [3.05, 3.63) is 23.6 Å². The van der Waals surface area contributed by atoms with E-state index in [4.69, 9.17) is 4.12 Å². The average molecular weight is 299 g/mol. The van der Waals surface area contributed by atoms with E-state index in [-0.39, 0.29) is 19.5 Å². The molecule has 19 heavy (non-hydrogen) atoms. The van der Waals surface area contributed by atoms with Gasteiger partial charge in [0.05, 0.1) is 0 Å². The first-order chi connectivity index (χ1) is 9.41. The van der Waals surface area contributed by atoms with E-state index in [1.807, 2.05) is 0 Å². The third-order valence-corrected chi connectivity index (χ3v) is 6.15. The molecular weight excluding hydrogens is 264 g/mol. The Morgan fingerprint density at radius 3 is 1.58 bits per heavy atom. The second-order valence-corrected chi connectivity index (χ2v) is 8.42. The van der Waals surface area contributed by atoms with Crippen LogP contribution in [0, 0.1) is 0 Å². The van der Waals surface area contributed by atoms with Crippen LogP contribution in [-0.4, -0.2) is 19.5 Å². The standard InChI is InChI=1S/C16H34OSi2/c1-3-5-7-9-11-13-15-18-17-19-16-14-12-10-8-6-4-2/h13-16H,3-12,18-19H2,1-2H3. The molecule has 1 nitrogen and oxygen atoms in total. The van der Waals surface area contributed by atoms with Gasteiger partial charge in [-0.25, -0.2) is 0 Å². The maximum Gasteiger partial charge on any atom is 0.170 e. The monoisotopic (exact) mass is 298 g/mol. The second-order valence-electron chi connectivity index (χ2n) is 5.18. The summed E-state index contributed by atoms with van der Waals surface area (Å²) >= 11 is 0. The lowest BCUT2D eigenvalue weighted by atomic mass is 10.2. The van der Waals surface area contributed by atoms with Gasteiger partial charge in [0.15, 0.2) is 19.5 Å². The maximum atomic E-state index is 5.79. The molecule has 112 valence electrons. The first-order valence-electron chi connectivity index (χ1n) is 8.29. The molecule has 0 aliphatic rings. The van der Waals surface area contributed by atoms with E-state index >= 15 is 0 Å². The van der Waals surface area contributed by atoms with E-state index in [1.165, 1.54) is 64.2 Å². The quantitative estimate of drug-likeness (QED) is 0.346. The summed E-state index contributed by atoms with van der Waals surface area (Å²) in [6.07, 6.45) is 18.1. The summed E-state index contributed by atoms with van der Waals surface area (Å²) in [6.45, 7) is 4.52. The third kappa shape index (κ3) is 17.9. The first kappa shape index (κ1) is 18.9. The molecular formula is C16H34OSi2. The van der Waals surface area contributed by atoms with E-state index < -0.39 is 0 Å². The smallest absolute Gasteiger partial charge is 0.170 e. The van der Waals surface area contributed by atoms with E-state index in [0.29, 0.717) is 0 Å². The van der Waals surface area contributed by atoms with Gasteiger partial charge in [0.1, 0.15) is 0 Å². The fourth-order valence-electron chi connectivity index (χ4n) is 1.95. The molecule has 0 aliphatic heterocycles. The Morgan fingerprint density at radius 2 is 1.16 bits per heavy atom. The van der Waals surface area contributed by atoms with Crippen LogP contribution in [0.3, 0.4) is 0 Å². The Hall–Kier alpha value is -0.126. The molecule has 0 heterocycles. The van der Waals surface area contributed by atoms with Crippen molar-refractivity contribution >= 4 is 19.5 Å². The van der Waals surface area contributed by atoms with Crippen molar-refractivity contribution < 1.29 is 4.12 Å². The molecule has 0 aliphatic carbocycles. The van der Waals surface area contributed by atoms with Crippen LogP contribution in [0.25, 0.3) is 0 Å². The molecule has 0 unspecified atom stereocenters. The summed E-state index contributed by atoms with van der Waals surface area (Å²) in [5, 5.41) is 0. The highest BCUT2D eigenvalue weighted by atomic mass is 28.3. The van der Waals surface area contributed by atoms with Gasteiger partial charge in [0.25, 0.3) is 0 Å². The Bertz CT molecular complexity index is 193. The van der Waals surface area contributed by atoms with Crippen LogP contribution in [0.2, 0.25) is 0 Å². The van der Waals surface area contributed by atoms with Gasteiger partial charge in [-0.3, -0.25) is 0 Å². The van der Waals surface area contributed by atoms with Crippen LogP contribution < -0.4 is 0 Å². The number of hydrogen-bond donors (Lipinski definition) is 0. The van der Waals surface area contributed by atoms with Gasteiger partial charge < -0.3 is 4.12 Å². The molecule has 0 spiro atoms. The summed E-state index contributed by atoms with van der Waals surface area (Å²) < 4.78 is 5.79. The van der Waals surface area contributed by atoms with E-state index in [1.54, 1.807) is 0 Å². The fraction of sp³-hybridized carbons (Fsp3) is 0.750. The Kier molecular flexibility index (Phi) is 17.8. The molecule has 0 aromatic heterocycles. The Balaban J connectivity index is 3.12. The maximum absolute atomic E-state index is 5.79. The average Bonchev–Trinajstić information content (AvgIpc) is 2.43. The summed E-state index contributed by atoms with van der Waals surface area (Å²) in [7, 11) is -0.692. The van der Waals surface area contributed by atoms with Crippen LogP contribution in [0.4, 0.5) is 0 Å². The topological polar surface area (TPSA) is 9.23 Å². The van der Waals surface area contributed by atoms with Gasteiger partial charge in [0, 0.05) is 0 Å². The molecule has 0 amide bonds. The molecule has 0 N–H and O–H groups in total. The van der Waals surface area contributed by atoms with Crippen LogP contribution in [0.5, 0.6) is 0 Å². The highest BCUT2D eigenvalue weighted by Crippen LogP contribution is 2.03. The third-order valence-electron chi connectivity index (χ3n) is 3.21. The highest BCUT2D eigenvalue weighted by molar-refractivity contribution is 6.49. The minimum absolute atomic E-state index is 0.346. The number of unbranched alkanes of at least 4 members (excludes halogenated alkanes) is 8. The van der Waals surface area contributed by atoms with Crippen LogP contribution >= 0.6 is 0 Å². The molecule has 0 atom stereocenters. The summed E-state index contributed by atoms with van der Waals surface area (Å²) in [4.78, 5) is 0. The molecule has 0 rings (SSSR count). The summed E-state index contributed by atoms with van der Waals surface area (Å²) in [5.74, 6) is 0. The Morgan fingerprint density at radius 1 is 0.684 bits per heavy atom. The minimum Gasteiger partial charge on any atom is -0.459 e. The number of allylic oxidation sites excluding steroid dienone is 2. The predicted octanol–water partition coefficient (Wildman–Crippen LogP) is 4.14. The molecule has 0 aromatic carbocycles. The van der Waals surface area contributed by atoms with Gasteiger partial charge in [0.2, 0.25) is 0 Å². The zero-order valence-electron chi connectivity index (χ0n) is 13.2. The molecule has 0 saturated carbocycles. The molecule has 3 heteroatoms. The normalized spacial score (nSPS) is 13.2. The van der Waals surface area contributed by atoms with Crippen molar-refractivity contribution in [2.75, 3.05) is 0 Å². The van der Waals surface area contributed by atoms with Crippen LogP contribution in [0.1, 0.15) is 78.1 Å². The molecule has 0 saturated heterocycles. The van der Waals surface area contributed by atoms with Crippen molar-refractivity contribution in [3.8, 4) is 0 Å². The summed E-state index contributed by atoms with van der Waals surface area (Å²) in [5.41, 5.74) is 4.65. The lowest BCUT2D eigenvalue weighted by molar-refractivity contribution is 0.657. The molecule has 0 aromatic rings. The van der Waals surface area contributed by atoms with Crippen LogP contribution in [0.15, 0.2) is 23.6 Å². The second kappa shape index (κ2) is 17.9. The van der Waals surface area contributed by atoms with Crippen molar-refractivity contribution in [3.63, 3.8) is 0 Å². The fourth-order valence-corrected chi connectivity index (χ4v) is 4.33. The van der Waals surface area contributed by atoms with Crippen LogP contribution in [-0.2, 0) is 4.12 Å². The van der Waals surface area contributed by atoms with Gasteiger partial charge in [-0.05, 0) is 25.7 Å². The highest BCUT2D eigenvalue weighted by Gasteiger charge is 1.86. The molecule has 0 bridgehead atoms. The van der Waals surface area contributed by atoms with E-state index in [2.05, 4.69) is 37.4 Å². The van der Waals surface area contributed by atoms with Crippen molar-refractivity contribution in [2.45, 2.75) is 78.1 Å². The lowest BCUT2D eigenvalue weighted by Gasteiger charge is -1.96. The van der Waals surface area contributed by atoms with E-state index in [0.717, 1.165) is 0 Å². The SMILES string of the molecule is CCCCCCC=C[SiH2]O[SiH2]C=CCCCCCC. The van der Waals surface area contributed by atoms with Crippen molar-refractivity contribution in [1.82, 2.24) is 0 Å². The summed E-state index contributed by atoms with van der Waals surface area (Å²) in [6, 6.07) is 0. The van der Waals surface area contributed by atoms with Gasteiger partial charge in [-0.2, -0.15) is 0 Å². The van der Waals surface area contributed by atoms with E-state index in [9.17, 15) is 0 Å². The van der Waals surface area contributed by atoms with Crippen molar-refractivity contribution in [2.24, 2.45) is 0 Å². The largest absolute Gasteiger partial charge is 0.459 e. The van der Waals surface area contributed by atoms with Gasteiger partial charge in [-0.1, -0.05) is 75.9 Å². The predicted molar refractivity (Wildman–Crippen MR) is 94.0 cm³/mol. The lowest BCUT2D eigenvalue weighted by Crippen LogP contribution is -1.98. The zero-order chi connectivity index (χ0) is 14.0. The number of hydrogen-bond acceptors (Lipinski definition) is 1.